The second-order valence-electron chi connectivity index (χ2n) is 4.88. The van der Waals surface area contributed by atoms with Gasteiger partial charge in [-0.05, 0) is 31.2 Å². The normalized spacial score (nSPS) is 11.2. The van der Waals surface area contributed by atoms with E-state index in [1.54, 1.807) is 43.5 Å². The number of hydrogen-bond acceptors (Lipinski definition) is 4. The molecule has 0 radical (unpaired) electrons. The van der Waals surface area contributed by atoms with Crippen LogP contribution in [0.1, 0.15) is 5.56 Å². The Hall–Kier alpha value is -2.05. The van der Waals surface area contributed by atoms with Crippen molar-refractivity contribution in [2.24, 2.45) is 0 Å². The summed E-state index contributed by atoms with van der Waals surface area (Å²) in [4.78, 5) is 0.241. The molecule has 0 aliphatic carbocycles. The van der Waals surface area contributed by atoms with E-state index in [9.17, 15) is 8.42 Å². The fraction of sp³-hybridized carbons (Fsp3) is 0.250. The maximum atomic E-state index is 12.4. The van der Waals surface area contributed by atoms with Crippen LogP contribution in [0.4, 0.5) is 11.4 Å². The summed E-state index contributed by atoms with van der Waals surface area (Å²) in [5.41, 5.74) is 2.25. The van der Waals surface area contributed by atoms with Crippen LogP contribution in [0.25, 0.3) is 0 Å². The van der Waals surface area contributed by atoms with Gasteiger partial charge in [-0.1, -0.05) is 29.8 Å². The van der Waals surface area contributed by atoms with Crippen molar-refractivity contribution < 1.29 is 13.2 Å². The number of sulfonamides is 1. The second kappa shape index (κ2) is 7.29. The first kappa shape index (κ1) is 16.3. The quantitative estimate of drug-likeness (QED) is 0.770. The molecule has 0 aliphatic heterocycles. The minimum absolute atomic E-state index is 0.241. The van der Waals surface area contributed by atoms with Crippen LogP contribution >= 0.6 is 0 Å². The average Bonchev–Trinajstić information content (AvgIpc) is 2.49. The van der Waals surface area contributed by atoms with Gasteiger partial charge in [0.25, 0.3) is 10.0 Å². The van der Waals surface area contributed by atoms with Gasteiger partial charge in [0.2, 0.25) is 0 Å². The molecule has 0 amide bonds. The molecule has 0 atom stereocenters. The molecule has 0 bridgehead atoms. The smallest absolute Gasteiger partial charge is 0.261 e. The zero-order valence-corrected chi connectivity index (χ0v) is 13.5. The molecular formula is C16H20N2O3S. The lowest BCUT2D eigenvalue weighted by atomic mass is 10.2. The molecular weight excluding hydrogens is 300 g/mol. The molecule has 2 aromatic rings. The Bertz CT molecular complexity index is 712. The Kier molecular flexibility index (Phi) is 5.41. The number of aryl methyl sites for hydroxylation is 1. The molecule has 2 rings (SSSR count). The van der Waals surface area contributed by atoms with Crippen molar-refractivity contribution in [2.75, 3.05) is 30.3 Å². The monoisotopic (exact) mass is 320 g/mol. The zero-order valence-electron chi connectivity index (χ0n) is 12.7. The van der Waals surface area contributed by atoms with Gasteiger partial charge in [-0.3, -0.25) is 4.72 Å². The fourth-order valence-electron chi connectivity index (χ4n) is 1.94. The lowest BCUT2D eigenvalue weighted by molar-refractivity contribution is 0.211. The highest BCUT2D eigenvalue weighted by molar-refractivity contribution is 7.92. The van der Waals surface area contributed by atoms with Gasteiger partial charge in [0.15, 0.2) is 0 Å². The number of methoxy groups -OCH3 is 1. The predicted octanol–water partition coefficient (Wildman–Crippen LogP) is 2.85. The van der Waals surface area contributed by atoms with Crippen LogP contribution < -0.4 is 10.0 Å². The molecule has 0 aromatic heterocycles. The summed E-state index contributed by atoms with van der Waals surface area (Å²) >= 11 is 0. The highest BCUT2D eigenvalue weighted by Gasteiger charge is 2.15. The highest BCUT2D eigenvalue weighted by Crippen LogP contribution is 2.24. The molecule has 2 aromatic carbocycles. The topological polar surface area (TPSA) is 67.4 Å². The van der Waals surface area contributed by atoms with Crippen LogP contribution in [0.3, 0.4) is 0 Å². The summed E-state index contributed by atoms with van der Waals surface area (Å²) in [5, 5.41) is 3.15. The van der Waals surface area contributed by atoms with Gasteiger partial charge in [-0.15, -0.1) is 0 Å². The standard InChI is InChI=1S/C16H20N2O3S/c1-13-7-9-14(10-8-13)22(19,20)18-16-6-4-3-5-15(16)17-11-12-21-2/h3-10,17-18H,11-12H2,1-2H3. The summed E-state index contributed by atoms with van der Waals surface area (Å²) < 4.78 is 32.5. The van der Waals surface area contributed by atoms with Gasteiger partial charge in [-0.2, -0.15) is 0 Å². The van der Waals surface area contributed by atoms with Crippen molar-refractivity contribution in [2.45, 2.75) is 11.8 Å². The van der Waals surface area contributed by atoms with Crippen LogP contribution in [0.5, 0.6) is 0 Å². The van der Waals surface area contributed by atoms with E-state index in [4.69, 9.17) is 4.74 Å². The van der Waals surface area contributed by atoms with Crippen molar-refractivity contribution in [1.29, 1.82) is 0 Å². The molecule has 22 heavy (non-hydrogen) atoms. The maximum absolute atomic E-state index is 12.4. The number of anilines is 2. The Morgan fingerprint density at radius 3 is 2.27 bits per heavy atom. The molecule has 6 heteroatoms. The lowest BCUT2D eigenvalue weighted by Gasteiger charge is -2.14. The van der Waals surface area contributed by atoms with E-state index in [0.29, 0.717) is 18.8 Å². The minimum Gasteiger partial charge on any atom is -0.383 e. The molecule has 2 N–H and O–H groups in total. The number of benzene rings is 2. The predicted molar refractivity (Wildman–Crippen MR) is 88.8 cm³/mol. The molecule has 0 spiro atoms. The molecule has 0 saturated heterocycles. The van der Waals surface area contributed by atoms with Crippen LogP contribution in [0, 0.1) is 6.92 Å². The van der Waals surface area contributed by atoms with E-state index in [1.165, 1.54) is 0 Å². The van der Waals surface area contributed by atoms with E-state index in [0.717, 1.165) is 11.3 Å². The van der Waals surface area contributed by atoms with Crippen molar-refractivity contribution in [1.82, 2.24) is 0 Å². The number of para-hydroxylation sites is 2. The summed E-state index contributed by atoms with van der Waals surface area (Å²) in [6, 6.07) is 13.9. The first-order valence-corrected chi connectivity index (χ1v) is 8.42. The Morgan fingerprint density at radius 1 is 1.00 bits per heavy atom. The molecule has 0 heterocycles. The van der Waals surface area contributed by atoms with Crippen LogP contribution in [0.2, 0.25) is 0 Å². The van der Waals surface area contributed by atoms with Crippen LogP contribution in [-0.4, -0.2) is 28.7 Å². The van der Waals surface area contributed by atoms with Gasteiger partial charge in [-0.25, -0.2) is 8.42 Å². The number of hydrogen-bond donors (Lipinski definition) is 2. The van der Waals surface area contributed by atoms with E-state index in [1.807, 2.05) is 19.1 Å². The van der Waals surface area contributed by atoms with Crippen LogP contribution in [0.15, 0.2) is 53.4 Å². The summed E-state index contributed by atoms with van der Waals surface area (Å²) in [5.74, 6) is 0. The van der Waals surface area contributed by atoms with Gasteiger partial charge < -0.3 is 10.1 Å². The Labute approximate surface area is 131 Å². The number of nitrogens with one attached hydrogen (secondary N) is 2. The van der Waals surface area contributed by atoms with Gasteiger partial charge in [0, 0.05) is 13.7 Å². The van der Waals surface area contributed by atoms with E-state index < -0.39 is 10.0 Å². The average molecular weight is 320 g/mol. The molecule has 0 aliphatic rings. The fourth-order valence-corrected chi connectivity index (χ4v) is 3.01. The molecule has 0 saturated carbocycles. The Morgan fingerprint density at radius 2 is 1.64 bits per heavy atom. The molecule has 0 fully saturated rings. The summed E-state index contributed by atoms with van der Waals surface area (Å²) in [6.07, 6.45) is 0. The van der Waals surface area contributed by atoms with E-state index in [2.05, 4.69) is 10.0 Å². The molecule has 118 valence electrons. The first-order valence-electron chi connectivity index (χ1n) is 6.94. The molecule has 5 nitrogen and oxygen atoms in total. The largest absolute Gasteiger partial charge is 0.383 e. The van der Waals surface area contributed by atoms with Crippen molar-refractivity contribution in [3.05, 3.63) is 54.1 Å². The summed E-state index contributed by atoms with van der Waals surface area (Å²) in [6.45, 7) is 3.05. The minimum atomic E-state index is -3.60. The van der Waals surface area contributed by atoms with Crippen molar-refractivity contribution >= 4 is 21.4 Å². The van der Waals surface area contributed by atoms with Crippen molar-refractivity contribution in [3.8, 4) is 0 Å². The van der Waals surface area contributed by atoms with Gasteiger partial charge in [0.1, 0.15) is 0 Å². The molecule has 0 unspecified atom stereocenters. The second-order valence-corrected chi connectivity index (χ2v) is 6.57. The van der Waals surface area contributed by atoms with E-state index in [-0.39, 0.29) is 4.90 Å². The third kappa shape index (κ3) is 4.22. The van der Waals surface area contributed by atoms with E-state index >= 15 is 0 Å². The van der Waals surface area contributed by atoms with Gasteiger partial charge >= 0.3 is 0 Å². The highest BCUT2D eigenvalue weighted by atomic mass is 32.2. The third-order valence-corrected chi connectivity index (χ3v) is 4.51. The van der Waals surface area contributed by atoms with Gasteiger partial charge in [0.05, 0.1) is 22.9 Å². The zero-order chi connectivity index (χ0) is 16.0. The SMILES string of the molecule is COCCNc1ccccc1NS(=O)(=O)c1ccc(C)cc1. The number of ether oxygens (including phenoxy) is 1. The van der Waals surface area contributed by atoms with Crippen molar-refractivity contribution in [3.63, 3.8) is 0 Å². The van der Waals surface area contributed by atoms with Crippen LogP contribution in [-0.2, 0) is 14.8 Å². The first-order chi connectivity index (χ1) is 10.5. The Balaban J connectivity index is 2.20. The lowest BCUT2D eigenvalue weighted by Crippen LogP contribution is -2.15. The third-order valence-electron chi connectivity index (χ3n) is 3.12. The maximum Gasteiger partial charge on any atom is 0.261 e. The summed E-state index contributed by atoms with van der Waals surface area (Å²) in [7, 11) is -1.99. The number of rotatable bonds is 7.